The van der Waals surface area contributed by atoms with Crippen molar-refractivity contribution in [3.05, 3.63) is 28.8 Å². The van der Waals surface area contributed by atoms with E-state index < -0.39 is 0 Å². The van der Waals surface area contributed by atoms with Gasteiger partial charge < -0.3 is 5.21 Å². The van der Waals surface area contributed by atoms with Gasteiger partial charge in [-0.25, -0.2) is 0 Å². The van der Waals surface area contributed by atoms with Crippen LogP contribution in [0, 0.1) is 0 Å². The minimum atomic E-state index is -0.193. The molecule has 0 saturated carbocycles. The molecule has 0 bridgehead atoms. The average Bonchev–Trinajstić information content (AvgIpc) is 2.40. The zero-order valence-electron chi connectivity index (χ0n) is 9.53. The van der Waals surface area contributed by atoms with Crippen molar-refractivity contribution >= 4 is 29.2 Å². The topological polar surface area (TPSA) is 35.6 Å². The van der Waals surface area contributed by atoms with Gasteiger partial charge in [0.25, 0.3) is 0 Å². The van der Waals surface area contributed by atoms with Crippen LogP contribution in [-0.2, 0) is 5.41 Å². The average molecular weight is 238 g/mol. The maximum absolute atomic E-state index is 8.71. The van der Waals surface area contributed by atoms with E-state index >= 15 is 0 Å². The predicted molar refractivity (Wildman–Crippen MR) is 65.6 cm³/mol. The van der Waals surface area contributed by atoms with E-state index in [2.05, 4.69) is 19.0 Å². The molecule has 0 saturated heterocycles. The van der Waals surface area contributed by atoms with Crippen molar-refractivity contribution in [2.75, 3.05) is 7.05 Å². The van der Waals surface area contributed by atoms with E-state index in [-0.39, 0.29) is 5.41 Å². The first kappa shape index (κ1) is 11.1. The van der Waals surface area contributed by atoms with Crippen LogP contribution < -0.4 is 0 Å². The number of hydrogen-bond donors (Lipinski definition) is 1. The lowest BCUT2D eigenvalue weighted by Crippen LogP contribution is -2.29. The highest BCUT2D eigenvalue weighted by atomic mass is 35.5. The number of halogens is 1. The highest BCUT2D eigenvalue weighted by Crippen LogP contribution is 2.39. The Hall–Kier alpha value is -1.35. The van der Waals surface area contributed by atoms with Crippen LogP contribution in [0.2, 0.25) is 5.02 Å². The zero-order valence-corrected chi connectivity index (χ0v) is 10.3. The summed E-state index contributed by atoms with van der Waals surface area (Å²) in [4.78, 5) is 0. The van der Waals surface area contributed by atoms with E-state index in [0.717, 1.165) is 22.0 Å². The summed E-state index contributed by atoms with van der Waals surface area (Å²) < 4.78 is 2.02. The Bertz CT molecular complexity index is 504. The van der Waals surface area contributed by atoms with Gasteiger partial charge in [-0.2, -0.15) is 4.58 Å². The van der Waals surface area contributed by atoms with Crippen molar-refractivity contribution < 1.29 is 9.78 Å². The maximum atomic E-state index is 8.71. The van der Waals surface area contributed by atoms with Crippen LogP contribution in [0.25, 0.3) is 0 Å². The predicted octanol–water partition coefficient (Wildman–Crippen LogP) is 2.81. The first-order valence-electron chi connectivity index (χ1n) is 5.07. The lowest BCUT2D eigenvalue weighted by Gasteiger charge is -2.14. The second kappa shape index (κ2) is 3.59. The Labute approximate surface area is 99.7 Å². The maximum Gasteiger partial charge on any atom is 0.213 e. The van der Waals surface area contributed by atoms with Crippen LogP contribution in [0.1, 0.15) is 19.4 Å². The Morgan fingerprint density at radius 1 is 1.44 bits per heavy atom. The Morgan fingerprint density at radius 2 is 2.12 bits per heavy atom. The lowest BCUT2D eigenvalue weighted by molar-refractivity contribution is -0.400. The molecule has 3 nitrogen and oxygen atoms in total. The Balaban J connectivity index is 2.69. The summed E-state index contributed by atoms with van der Waals surface area (Å²) in [6.45, 7) is 4.17. The first-order valence-corrected chi connectivity index (χ1v) is 5.45. The summed E-state index contributed by atoms with van der Waals surface area (Å²) in [5.41, 5.74) is 3.01. The number of nitrogens with zero attached hydrogens (tertiary/aromatic N) is 2. The minimum absolute atomic E-state index is 0.193. The molecule has 0 atom stereocenters. The van der Waals surface area contributed by atoms with Crippen LogP contribution >= 0.6 is 11.6 Å². The standard InChI is InChI=1S/C12H13ClN2O/c1-12(2)9-6-8(13)4-5-10(9)15(3)11(12)7-14-16/h4-7H,1-3H3/p+1. The third-order valence-electron chi connectivity index (χ3n) is 3.18. The monoisotopic (exact) mass is 237 g/mol. The highest BCUT2D eigenvalue weighted by molar-refractivity contribution is 6.34. The van der Waals surface area contributed by atoms with E-state index in [9.17, 15) is 0 Å². The van der Waals surface area contributed by atoms with Gasteiger partial charge in [0.2, 0.25) is 11.4 Å². The number of oxime groups is 1. The molecule has 4 heteroatoms. The van der Waals surface area contributed by atoms with Crippen molar-refractivity contribution in [3.63, 3.8) is 0 Å². The zero-order chi connectivity index (χ0) is 11.9. The van der Waals surface area contributed by atoms with Crippen molar-refractivity contribution in [1.82, 2.24) is 0 Å². The molecule has 1 aromatic rings. The minimum Gasteiger partial charge on any atom is -0.411 e. The molecule has 1 aliphatic rings. The fraction of sp³-hybridized carbons (Fsp3) is 0.333. The van der Waals surface area contributed by atoms with Gasteiger partial charge in [0.15, 0.2) is 0 Å². The van der Waals surface area contributed by atoms with Crippen LogP contribution in [0.15, 0.2) is 23.4 Å². The highest BCUT2D eigenvalue weighted by Gasteiger charge is 2.43. The fourth-order valence-corrected chi connectivity index (χ4v) is 2.46. The molecule has 0 radical (unpaired) electrons. The first-order chi connectivity index (χ1) is 7.48. The van der Waals surface area contributed by atoms with Crippen molar-refractivity contribution in [1.29, 1.82) is 0 Å². The summed E-state index contributed by atoms with van der Waals surface area (Å²) in [7, 11) is 1.96. The van der Waals surface area contributed by atoms with Gasteiger partial charge in [-0.1, -0.05) is 16.8 Å². The third-order valence-corrected chi connectivity index (χ3v) is 3.41. The Morgan fingerprint density at radius 3 is 2.75 bits per heavy atom. The summed E-state index contributed by atoms with van der Waals surface area (Å²) in [6.07, 6.45) is 1.48. The molecule has 0 aliphatic carbocycles. The van der Waals surface area contributed by atoms with E-state index in [1.807, 2.05) is 29.8 Å². The summed E-state index contributed by atoms with van der Waals surface area (Å²) in [6, 6.07) is 5.81. The van der Waals surface area contributed by atoms with Gasteiger partial charge in [0, 0.05) is 16.7 Å². The van der Waals surface area contributed by atoms with E-state index in [4.69, 9.17) is 16.8 Å². The van der Waals surface area contributed by atoms with Gasteiger partial charge in [-0.15, -0.1) is 0 Å². The molecule has 1 heterocycles. The number of fused-ring (bicyclic) bond motifs is 1. The molecule has 1 N–H and O–H groups in total. The SMILES string of the molecule is C[N+]1=C(C=NO)C(C)(C)c2cc(Cl)ccc21. The molecular formula is C12H14ClN2O+. The van der Waals surface area contributed by atoms with E-state index in [0.29, 0.717) is 0 Å². The molecular weight excluding hydrogens is 224 g/mol. The smallest absolute Gasteiger partial charge is 0.213 e. The van der Waals surface area contributed by atoms with Gasteiger partial charge in [-0.3, -0.25) is 0 Å². The number of rotatable bonds is 1. The van der Waals surface area contributed by atoms with Gasteiger partial charge in [0.05, 0.1) is 5.41 Å². The molecule has 84 valence electrons. The molecule has 0 unspecified atom stereocenters. The van der Waals surface area contributed by atoms with Crippen LogP contribution in [0.5, 0.6) is 0 Å². The normalized spacial score (nSPS) is 18.2. The van der Waals surface area contributed by atoms with Crippen LogP contribution in [0.4, 0.5) is 5.69 Å². The Kier molecular flexibility index (Phi) is 2.50. The van der Waals surface area contributed by atoms with Crippen LogP contribution in [0.3, 0.4) is 0 Å². The largest absolute Gasteiger partial charge is 0.411 e. The second-order valence-electron chi connectivity index (χ2n) is 4.48. The summed E-state index contributed by atoms with van der Waals surface area (Å²) in [5, 5.41) is 12.6. The quantitative estimate of drug-likeness (QED) is 0.347. The molecule has 16 heavy (non-hydrogen) atoms. The van der Waals surface area contributed by atoms with Gasteiger partial charge in [0.1, 0.15) is 13.3 Å². The second-order valence-corrected chi connectivity index (χ2v) is 4.91. The molecule has 0 amide bonds. The van der Waals surface area contributed by atoms with E-state index in [1.165, 1.54) is 6.21 Å². The molecule has 0 aromatic heterocycles. The lowest BCUT2D eigenvalue weighted by atomic mass is 9.82. The molecule has 0 spiro atoms. The van der Waals surface area contributed by atoms with Gasteiger partial charge >= 0.3 is 0 Å². The molecule has 0 fully saturated rings. The summed E-state index contributed by atoms with van der Waals surface area (Å²) >= 11 is 6.01. The van der Waals surface area contributed by atoms with E-state index in [1.54, 1.807) is 0 Å². The number of hydrogen-bond acceptors (Lipinski definition) is 2. The summed E-state index contributed by atoms with van der Waals surface area (Å²) in [5.74, 6) is 0. The van der Waals surface area contributed by atoms with Crippen molar-refractivity contribution in [2.45, 2.75) is 19.3 Å². The third kappa shape index (κ3) is 1.43. The van der Waals surface area contributed by atoms with Crippen LogP contribution in [-0.4, -0.2) is 28.8 Å². The van der Waals surface area contributed by atoms with Gasteiger partial charge in [-0.05, 0) is 26.0 Å². The van der Waals surface area contributed by atoms with Crippen molar-refractivity contribution in [3.8, 4) is 0 Å². The fourth-order valence-electron chi connectivity index (χ4n) is 2.29. The molecule has 1 aromatic carbocycles. The molecule has 1 aliphatic heterocycles. The number of benzene rings is 1. The molecule has 2 rings (SSSR count). The van der Waals surface area contributed by atoms with Crippen molar-refractivity contribution in [2.24, 2.45) is 5.16 Å².